The van der Waals surface area contributed by atoms with Gasteiger partial charge in [0.15, 0.2) is 0 Å². The Labute approximate surface area is 88.6 Å². The van der Waals surface area contributed by atoms with Crippen molar-refractivity contribution in [3.05, 3.63) is 41.3 Å². The zero-order valence-electron chi connectivity index (χ0n) is 7.92. The molecule has 0 saturated heterocycles. The maximum absolute atomic E-state index is 3.50. The Bertz CT molecular complexity index is 358. The van der Waals surface area contributed by atoms with E-state index in [2.05, 4.69) is 36.0 Å². The molecule has 1 aliphatic carbocycles. The highest BCUT2D eigenvalue weighted by Gasteiger charge is 2.20. The number of anilines is 1. The summed E-state index contributed by atoms with van der Waals surface area (Å²) in [5.41, 5.74) is 2.61. The number of thioether (sulfide) groups is 1. The minimum absolute atomic E-state index is 1.22. The summed E-state index contributed by atoms with van der Waals surface area (Å²) in [6, 6.07) is 8.52. The van der Waals surface area contributed by atoms with Gasteiger partial charge in [-0.1, -0.05) is 23.9 Å². The van der Waals surface area contributed by atoms with E-state index in [-0.39, 0.29) is 0 Å². The lowest BCUT2D eigenvalue weighted by atomic mass is 10.0. The molecule has 0 saturated carbocycles. The van der Waals surface area contributed by atoms with Crippen molar-refractivity contribution in [3.8, 4) is 0 Å². The molecule has 1 nitrogen and oxygen atoms in total. The fraction of sp³-hybridized carbons (Fsp3) is 0.250. The highest BCUT2D eigenvalue weighted by atomic mass is 32.2. The number of fused-ring (bicyclic) bond motifs is 1. The molecule has 1 heterocycles. The van der Waals surface area contributed by atoms with Gasteiger partial charge in [0.1, 0.15) is 0 Å². The number of hydrogen-bond donors (Lipinski definition) is 1. The van der Waals surface area contributed by atoms with Crippen LogP contribution in [-0.4, -0.2) is 0 Å². The standard InChI is InChI=1S/C12H12NS/c1-3-7-11-9(5-1)13-10-6-2-4-8-12(10)14-11/h1,3,5-7,13H,2,4,8H2. The molecule has 0 fully saturated rings. The summed E-state index contributed by atoms with van der Waals surface area (Å²) in [4.78, 5) is 2.87. The van der Waals surface area contributed by atoms with Crippen LogP contribution >= 0.6 is 11.8 Å². The topological polar surface area (TPSA) is 12.0 Å². The van der Waals surface area contributed by atoms with Crippen molar-refractivity contribution in [1.29, 1.82) is 0 Å². The van der Waals surface area contributed by atoms with E-state index in [4.69, 9.17) is 0 Å². The second-order valence-corrected chi connectivity index (χ2v) is 4.79. The lowest BCUT2D eigenvalue weighted by Gasteiger charge is -2.26. The number of benzene rings is 1. The van der Waals surface area contributed by atoms with Crippen LogP contribution in [0.25, 0.3) is 0 Å². The van der Waals surface area contributed by atoms with Crippen molar-refractivity contribution in [2.24, 2.45) is 0 Å². The van der Waals surface area contributed by atoms with Crippen molar-refractivity contribution in [2.45, 2.75) is 24.2 Å². The first-order valence-electron chi connectivity index (χ1n) is 5.04. The van der Waals surface area contributed by atoms with Gasteiger partial charge in [0.2, 0.25) is 0 Å². The highest BCUT2D eigenvalue weighted by molar-refractivity contribution is 8.03. The van der Waals surface area contributed by atoms with Crippen LogP contribution in [0.1, 0.15) is 19.3 Å². The van der Waals surface area contributed by atoms with E-state index in [1.807, 2.05) is 11.8 Å². The predicted molar refractivity (Wildman–Crippen MR) is 61.1 cm³/mol. The van der Waals surface area contributed by atoms with E-state index in [9.17, 15) is 0 Å². The average Bonchev–Trinajstić information content (AvgIpc) is 2.26. The third kappa shape index (κ3) is 1.34. The summed E-state index contributed by atoms with van der Waals surface area (Å²) in [7, 11) is 0. The molecule has 0 atom stereocenters. The van der Waals surface area contributed by atoms with Crippen molar-refractivity contribution in [2.75, 3.05) is 5.32 Å². The van der Waals surface area contributed by atoms with Crippen LogP contribution in [0.5, 0.6) is 0 Å². The van der Waals surface area contributed by atoms with Crippen LogP contribution in [0.4, 0.5) is 5.69 Å². The molecule has 1 aromatic rings. The first kappa shape index (κ1) is 8.42. The van der Waals surface area contributed by atoms with Crippen LogP contribution in [0.2, 0.25) is 0 Å². The van der Waals surface area contributed by atoms with Crippen LogP contribution in [-0.2, 0) is 0 Å². The van der Waals surface area contributed by atoms with Gasteiger partial charge in [-0.3, -0.25) is 0 Å². The first-order valence-corrected chi connectivity index (χ1v) is 5.85. The molecule has 0 amide bonds. The molecule has 2 heteroatoms. The monoisotopic (exact) mass is 202 g/mol. The third-order valence-corrected chi connectivity index (χ3v) is 3.89. The lowest BCUT2D eigenvalue weighted by Crippen LogP contribution is -2.11. The Kier molecular flexibility index (Phi) is 2.02. The van der Waals surface area contributed by atoms with Crippen LogP contribution in [0.15, 0.2) is 39.8 Å². The molecule has 0 aromatic heterocycles. The molecule has 0 spiro atoms. The first-order chi connectivity index (χ1) is 6.93. The van der Waals surface area contributed by atoms with Gasteiger partial charge >= 0.3 is 0 Å². The molecule has 3 rings (SSSR count). The van der Waals surface area contributed by atoms with Gasteiger partial charge < -0.3 is 5.32 Å². The smallest absolute Gasteiger partial charge is 0.0523 e. The summed E-state index contributed by atoms with van der Waals surface area (Å²) < 4.78 is 0. The number of nitrogens with one attached hydrogen (secondary N) is 1. The number of rotatable bonds is 0. The van der Waals surface area contributed by atoms with Crippen LogP contribution < -0.4 is 5.32 Å². The van der Waals surface area contributed by atoms with Crippen molar-refractivity contribution in [3.63, 3.8) is 0 Å². The van der Waals surface area contributed by atoms with E-state index in [1.165, 1.54) is 40.4 Å². The molecule has 14 heavy (non-hydrogen) atoms. The molecule has 0 unspecified atom stereocenters. The molecule has 2 aliphatic rings. The number of hydrogen-bond acceptors (Lipinski definition) is 2. The molecule has 71 valence electrons. The van der Waals surface area contributed by atoms with E-state index < -0.39 is 0 Å². The van der Waals surface area contributed by atoms with Gasteiger partial charge in [0.05, 0.1) is 5.69 Å². The zero-order valence-corrected chi connectivity index (χ0v) is 8.73. The van der Waals surface area contributed by atoms with Gasteiger partial charge in [-0.15, -0.1) is 0 Å². The Balaban J connectivity index is 1.99. The maximum Gasteiger partial charge on any atom is 0.0523 e. The predicted octanol–water partition coefficient (Wildman–Crippen LogP) is 3.80. The minimum Gasteiger partial charge on any atom is -0.357 e. The van der Waals surface area contributed by atoms with E-state index in [0.29, 0.717) is 0 Å². The van der Waals surface area contributed by atoms with Gasteiger partial charge in [0.25, 0.3) is 0 Å². The Hall–Kier alpha value is -0.890. The lowest BCUT2D eigenvalue weighted by molar-refractivity contribution is 0.787. The van der Waals surface area contributed by atoms with Crippen molar-refractivity contribution < 1.29 is 0 Å². The molecule has 1 aliphatic heterocycles. The van der Waals surface area contributed by atoms with Crippen LogP contribution in [0.3, 0.4) is 0 Å². The Morgan fingerprint density at radius 2 is 2.14 bits per heavy atom. The maximum atomic E-state index is 3.50. The average molecular weight is 202 g/mol. The Morgan fingerprint density at radius 3 is 3.14 bits per heavy atom. The fourth-order valence-electron chi connectivity index (χ4n) is 1.92. The van der Waals surface area contributed by atoms with E-state index in [0.717, 1.165) is 0 Å². The van der Waals surface area contributed by atoms with Gasteiger partial charge in [0, 0.05) is 21.9 Å². The second-order valence-electron chi connectivity index (χ2n) is 3.66. The number of para-hydroxylation sites is 1. The van der Waals surface area contributed by atoms with Gasteiger partial charge in [-0.05, 0) is 31.4 Å². The zero-order chi connectivity index (χ0) is 9.38. The normalized spacial score (nSPS) is 19.7. The molecular weight excluding hydrogens is 190 g/mol. The molecule has 1 N–H and O–H groups in total. The second kappa shape index (κ2) is 3.35. The fourth-order valence-corrected chi connectivity index (χ4v) is 3.05. The van der Waals surface area contributed by atoms with Gasteiger partial charge in [-0.2, -0.15) is 0 Å². The third-order valence-electron chi connectivity index (χ3n) is 2.65. The molecule has 0 bridgehead atoms. The largest absolute Gasteiger partial charge is 0.357 e. The van der Waals surface area contributed by atoms with E-state index in [1.54, 1.807) is 0 Å². The van der Waals surface area contributed by atoms with E-state index >= 15 is 0 Å². The Morgan fingerprint density at radius 1 is 1.21 bits per heavy atom. The summed E-state index contributed by atoms with van der Waals surface area (Å²) in [6.45, 7) is 0. The summed E-state index contributed by atoms with van der Waals surface area (Å²) >= 11 is 1.93. The summed E-state index contributed by atoms with van der Waals surface area (Å²) in [5, 5.41) is 3.50. The molecule has 1 radical (unpaired) electrons. The number of allylic oxidation sites excluding steroid dienone is 2. The van der Waals surface area contributed by atoms with Crippen molar-refractivity contribution >= 4 is 17.4 Å². The SMILES string of the molecule is [CH]1CCCC2=C1Nc1ccccc1S2. The summed E-state index contributed by atoms with van der Waals surface area (Å²) in [6.07, 6.45) is 6.07. The molecule has 1 aromatic carbocycles. The molecular formula is C12H12NS. The van der Waals surface area contributed by atoms with Crippen LogP contribution in [0, 0.1) is 6.42 Å². The quantitative estimate of drug-likeness (QED) is 0.686. The highest BCUT2D eigenvalue weighted by Crippen LogP contribution is 2.44. The minimum atomic E-state index is 1.22. The van der Waals surface area contributed by atoms with Gasteiger partial charge in [-0.25, -0.2) is 0 Å². The van der Waals surface area contributed by atoms with Crippen molar-refractivity contribution in [1.82, 2.24) is 0 Å². The summed E-state index contributed by atoms with van der Waals surface area (Å²) in [5.74, 6) is 0.